The van der Waals surface area contributed by atoms with Crippen LogP contribution in [-0.2, 0) is 12.8 Å². The number of thioether (sulfide) groups is 1. The van der Waals surface area contributed by atoms with E-state index in [1.807, 2.05) is 29.5 Å². The van der Waals surface area contributed by atoms with Crippen LogP contribution in [-0.4, -0.2) is 19.2 Å². The van der Waals surface area contributed by atoms with Gasteiger partial charge in [-0.05, 0) is 38.1 Å². The van der Waals surface area contributed by atoms with Crippen LogP contribution < -0.4 is 5.56 Å². The summed E-state index contributed by atoms with van der Waals surface area (Å²) in [5, 5.41) is 9.27. The molecule has 6 heteroatoms. The lowest BCUT2D eigenvalue weighted by Gasteiger charge is -2.08. The lowest BCUT2D eigenvalue weighted by molar-refractivity contribution is 0.857. The molecule has 4 aromatic rings. The van der Waals surface area contributed by atoms with Gasteiger partial charge in [-0.1, -0.05) is 29.3 Å². The highest BCUT2D eigenvalue weighted by Gasteiger charge is 2.15. The van der Waals surface area contributed by atoms with Crippen molar-refractivity contribution in [3.05, 3.63) is 69.8 Å². The quantitative estimate of drug-likeness (QED) is 0.531. The van der Waals surface area contributed by atoms with Gasteiger partial charge in [0.1, 0.15) is 5.82 Å². The molecule has 0 atom stereocenters. The van der Waals surface area contributed by atoms with Gasteiger partial charge in [-0.2, -0.15) is 0 Å². The second-order valence-electron chi connectivity index (χ2n) is 6.24. The summed E-state index contributed by atoms with van der Waals surface area (Å²) in [6, 6.07) is 14.3. The van der Waals surface area contributed by atoms with E-state index in [2.05, 4.69) is 41.4 Å². The molecule has 4 rings (SSSR count). The van der Waals surface area contributed by atoms with Crippen LogP contribution in [0.3, 0.4) is 0 Å². The van der Waals surface area contributed by atoms with Gasteiger partial charge >= 0.3 is 0 Å². The maximum absolute atomic E-state index is 12.6. The first kappa shape index (κ1) is 15.9. The minimum atomic E-state index is -0.0451. The molecule has 0 fully saturated rings. The summed E-state index contributed by atoms with van der Waals surface area (Å²) in [4.78, 5) is 13.8. The minimum Gasteiger partial charge on any atom is -0.279 e. The van der Waals surface area contributed by atoms with E-state index in [0.29, 0.717) is 16.9 Å². The van der Waals surface area contributed by atoms with E-state index in [-0.39, 0.29) is 5.56 Å². The molecule has 0 aliphatic carbocycles. The Morgan fingerprint density at radius 2 is 1.72 bits per heavy atom. The fraction of sp³-hybridized carbons (Fsp3) is 0.211. The second-order valence-corrected chi connectivity index (χ2v) is 7.29. The molecule has 0 amide bonds. The summed E-state index contributed by atoms with van der Waals surface area (Å²) in [5.74, 6) is 2.09. The Kier molecular flexibility index (Phi) is 3.84. The van der Waals surface area contributed by atoms with Crippen LogP contribution in [0.15, 0.2) is 52.2 Å². The second kappa shape index (κ2) is 6.04. The molecule has 2 aromatic carbocycles. The van der Waals surface area contributed by atoms with Gasteiger partial charge in [0, 0.05) is 11.9 Å². The molecular formula is C19H18N4OS. The predicted molar refractivity (Wildman–Crippen MR) is 101 cm³/mol. The summed E-state index contributed by atoms with van der Waals surface area (Å²) < 4.78 is 3.55. The van der Waals surface area contributed by atoms with E-state index in [4.69, 9.17) is 0 Å². The summed E-state index contributed by atoms with van der Waals surface area (Å²) in [5.41, 5.74) is 3.12. The van der Waals surface area contributed by atoms with E-state index >= 15 is 0 Å². The molecule has 0 radical (unpaired) electrons. The van der Waals surface area contributed by atoms with Crippen LogP contribution in [0.1, 0.15) is 17.0 Å². The number of nitrogens with zero attached hydrogens (tertiary/aromatic N) is 4. The fourth-order valence-electron chi connectivity index (χ4n) is 2.93. The number of aryl methyl sites for hydroxylation is 3. The number of fused-ring (bicyclic) bond motifs is 3. The highest BCUT2D eigenvalue weighted by molar-refractivity contribution is 7.98. The smallest absolute Gasteiger partial charge is 0.262 e. The van der Waals surface area contributed by atoms with Crippen molar-refractivity contribution in [2.24, 2.45) is 7.05 Å². The molecule has 5 nitrogen and oxygen atoms in total. The van der Waals surface area contributed by atoms with Crippen molar-refractivity contribution in [2.45, 2.75) is 24.5 Å². The van der Waals surface area contributed by atoms with Gasteiger partial charge in [-0.15, -0.1) is 22.0 Å². The van der Waals surface area contributed by atoms with Crippen LogP contribution in [0.4, 0.5) is 0 Å². The Hall–Kier alpha value is -2.60. The Balaban J connectivity index is 1.83. The van der Waals surface area contributed by atoms with Gasteiger partial charge in [-0.25, -0.2) is 0 Å². The molecular weight excluding hydrogens is 332 g/mol. The number of benzene rings is 2. The Labute approximate surface area is 149 Å². The van der Waals surface area contributed by atoms with Crippen molar-refractivity contribution in [2.75, 3.05) is 0 Å². The molecule has 25 heavy (non-hydrogen) atoms. The zero-order valence-electron chi connectivity index (χ0n) is 14.4. The molecule has 0 aliphatic rings. The van der Waals surface area contributed by atoms with Gasteiger partial charge in [0.2, 0.25) is 5.78 Å². The molecule has 2 heterocycles. The third-order valence-electron chi connectivity index (χ3n) is 4.33. The summed E-state index contributed by atoms with van der Waals surface area (Å²) in [6.07, 6.45) is 0. The Morgan fingerprint density at radius 1 is 1.00 bits per heavy atom. The standard InChI is InChI=1S/C19H18N4OS/c1-12-4-7-14(8-5-12)25-11-17-20-21-19-22(3)18(24)15-10-13(2)6-9-16(15)23(17)19/h4-10H,11H2,1-3H3. The van der Waals surface area contributed by atoms with Crippen molar-refractivity contribution in [1.29, 1.82) is 0 Å². The van der Waals surface area contributed by atoms with E-state index in [9.17, 15) is 4.79 Å². The highest BCUT2D eigenvalue weighted by Crippen LogP contribution is 2.24. The van der Waals surface area contributed by atoms with Gasteiger partial charge < -0.3 is 0 Å². The van der Waals surface area contributed by atoms with Crippen molar-refractivity contribution in [1.82, 2.24) is 19.2 Å². The topological polar surface area (TPSA) is 52.2 Å². The maximum Gasteiger partial charge on any atom is 0.262 e. The van der Waals surface area contributed by atoms with Crippen molar-refractivity contribution in [3.63, 3.8) is 0 Å². The monoisotopic (exact) mass is 350 g/mol. The van der Waals surface area contributed by atoms with Crippen LogP contribution >= 0.6 is 11.8 Å². The van der Waals surface area contributed by atoms with Crippen molar-refractivity contribution in [3.8, 4) is 0 Å². The van der Waals surface area contributed by atoms with E-state index in [1.54, 1.807) is 23.4 Å². The predicted octanol–water partition coefficient (Wildman–Crippen LogP) is 3.49. The number of hydrogen-bond acceptors (Lipinski definition) is 4. The summed E-state index contributed by atoms with van der Waals surface area (Å²) in [6.45, 7) is 4.07. The van der Waals surface area contributed by atoms with Gasteiger partial charge in [0.05, 0.1) is 16.7 Å². The first-order valence-electron chi connectivity index (χ1n) is 8.07. The van der Waals surface area contributed by atoms with Crippen molar-refractivity contribution >= 4 is 28.4 Å². The van der Waals surface area contributed by atoms with Gasteiger partial charge in [0.25, 0.3) is 5.56 Å². The zero-order valence-corrected chi connectivity index (χ0v) is 15.2. The molecule has 0 N–H and O–H groups in total. The molecule has 0 saturated heterocycles. The number of aromatic nitrogens is 4. The zero-order chi connectivity index (χ0) is 17.6. The first-order valence-corrected chi connectivity index (χ1v) is 9.06. The lowest BCUT2D eigenvalue weighted by Crippen LogP contribution is -2.20. The largest absolute Gasteiger partial charge is 0.279 e. The molecule has 126 valence electrons. The van der Waals surface area contributed by atoms with Crippen LogP contribution in [0.5, 0.6) is 0 Å². The minimum absolute atomic E-state index is 0.0451. The average molecular weight is 350 g/mol. The van der Waals surface area contributed by atoms with E-state index in [0.717, 1.165) is 16.9 Å². The first-order chi connectivity index (χ1) is 12.0. The third kappa shape index (κ3) is 2.72. The third-order valence-corrected chi connectivity index (χ3v) is 5.34. The molecule has 0 saturated carbocycles. The van der Waals surface area contributed by atoms with E-state index in [1.165, 1.54) is 10.5 Å². The fourth-order valence-corrected chi connectivity index (χ4v) is 3.75. The SMILES string of the molecule is Cc1ccc(SCc2nnc3n(C)c(=O)c4cc(C)ccc4n23)cc1. The maximum atomic E-state index is 12.6. The Bertz CT molecular complexity index is 1140. The number of rotatable bonds is 3. The van der Waals surface area contributed by atoms with Crippen LogP contribution in [0, 0.1) is 13.8 Å². The van der Waals surface area contributed by atoms with E-state index < -0.39 is 0 Å². The number of hydrogen-bond donors (Lipinski definition) is 0. The molecule has 0 aliphatic heterocycles. The van der Waals surface area contributed by atoms with Crippen LogP contribution in [0.2, 0.25) is 0 Å². The lowest BCUT2D eigenvalue weighted by atomic mass is 10.1. The van der Waals surface area contributed by atoms with Gasteiger partial charge in [-0.3, -0.25) is 13.8 Å². The Morgan fingerprint density at radius 3 is 2.48 bits per heavy atom. The normalized spacial score (nSPS) is 11.5. The molecule has 0 unspecified atom stereocenters. The van der Waals surface area contributed by atoms with Gasteiger partial charge in [0.15, 0.2) is 0 Å². The molecule has 0 spiro atoms. The average Bonchev–Trinajstić information content (AvgIpc) is 3.03. The summed E-state index contributed by atoms with van der Waals surface area (Å²) >= 11 is 1.71. The molecule has 0 bridgehead atoms. The highest BCUT2D eigenvalue weighted by atomic mass is 32.2. The van der Waals surface area contributed by atoms with Crippen molar-refractivity contribution < 1.29 is 0 Å². The van der Waals surface area contributed by atoms with Crippen LogP contribution in [0.25, 0.3) is 16.7 Å². The molecule has 2 aromatic heterocycles. The summed E-state index contributed by atoms with van der Waals surface area (Å²) in [7, 11) is 1.74.